The Balaban J connectivity index is 1.54. The molecule has 1 heterocycles. The minimum absolute atomic E-state index is 0.186. The predicted octanol–water partition coefficient (Wildman–Crippen LogP) is 3.72. The van der Waals surface area contributed by atoms with Gasteiger partial charge in [0, 0.05) is 21.5 Å². The van der Waals surface area contributed by atoms with Crippen LogP contribution in [0.2, 0.25) is 5.02 Å². The highest BCUT2D eigenvalue weighted by Crippen LogP contribution is 2.41. The first-order valence-electron chi connectivity index (χ1n) is 8.82. The highest BCUT2D eigenvalue weighted by molar-refractivity contribution is 8.00. The Labute approximate surface area is 168 Å². The number of rotatable bonds is 5. The van der Waals surface area contributed by atoms with Gasteiger partial charge in [-0.15, -0.1) is 11.8 Å². The molecule has 144 valence electrons. The van der Waals surface area contributed by atoms with E-state index >= 15 is 0 Å². The van der Waals surface area contributed by atoms with E-state index < -0.39 is 5.91 Å². The molecule has 1 aliphatic carbocycles. The van der Waals surface area contributed by atoms with Crippen molar-refractivity contribution in [1.29, 1.82) is 0 Å². The normalized spacial score (nSPS) is 14.1. The molecule has 0 spiro atoms. The number of halogens is 1. The summed E-state index contributed by atoms with van der Waals surface area (Å²) in [7, 11) is 0. The summed E-state index contributed by atoms with van der Waals surface area (Å²) in [4.78, 5) is 25.3. The third kappa shape index (κ3) is 5.26. The van der Waals surface area contributed by atoms with E-state index in [0.29, 0.717) is 16.6 Å². The van der Waals surface area contributed by atoms with E-state index in [1.165, 1.54) is 11.8 Å². The van der Waals surface area contributed by atoms with Gasteiger partial charge in [-0.1, -0.05) is 11.6 Å². The van der Waals surface area contributed by atoms with E-state index in [0.717, 1.165) is 23.4 Å². The zero-order valence-corrected chi connectivity index (χ0v) is 17.2. The van der Waals surface area contributed by atoms with Gasteiger partial charge >= 0.3 is 0 Å². The van der Waals surface area contributed by atoms with Gasteiger partial charge in [-0.3, -0.25) is 25.1 Å². The number of thioether (sulfide) groups is 1. The molecule has 0 saturated heterocycles. The smallest absolute Gasteiger partial charge is 0.272 e. The lowest BCUT2D eigenvalue weighted by Crippen LogP contribution is -2.42. The van der Waals surface area contributed by atoms with Gasteiger partial charge in [0.2, 0.25) is 5.91 Å². The molecular weight excluding hydrogens is 384 g/mol. The SMILES string of the molecule is CC(C)(C)n1nc(C(=O)NNC(=O)CSc2ccc(Cl)cc2)cc1C1CC1. The fourth-order valence-corrected chi connectivity index (χ4v) is 3.44. The van der Waals surface area contributed by atoms with Gasteiger partial charge in [-0.25, -0.2) is 0 Å². The van der Waals surface area contributed by atoms with Gasteiger partial charge in [-0.05, 0) is 63.9 Å². The van der Waals surface area contributed by atoms with Gasteiger partial charge in [0.05, 0.1) is 11.3 Å². The maximum Gasteiger partial charge on any atom is 0.290 e. The molecule has 1 aromatic carbocycles. The summed E-state index contributed by atoms with van der Waals surface area (Å²) in [5, 5.41) is 5.11. The van der Waals surface area contributed by atoms with Gasteiger partial charge in [0.1, 0.15) is 0 Å². The Morgan fingerprint density at radius 1 is 1.22 bits per heavy atom. The summed E-state index contributed by atoms with van der Waals surface area (Å²) < 4.78 is 1.91. The number of amides is 2. The Morgan fingerprint density at radius 2 is 1.89 bits per heavy atom. The summed E-state index contributed by atoms with van der Waals surface area (Å²) in [5.41, 5.74) is 6.09. The van der Waals surface area contributed by atoms with Crippen molar-refractivity contribution in [3.05, 3.63) is 46.7 Å². The van der Waals surface area contributed by atoms with Crippen LogP contribution in [0.15, 0.2) is 35.2 Å². The average molecular weight is 407 g/mol. The third-order valence-electron chi connectivity index (χ3n) is 4.10. The Morgan fingerprint density at radius 3 is 2.48 bits per heavy atom. The lowest BCUT2D eigenvalue weighted by Gasteiger charge is -2.22. The van der Waals surface area contributed by atoms with Crippen LogP contribution in [0.25, 0.3) is 0 Å². The number of aromatic nitrogens is 2. The number of carbonyl (C=O) groups is 2. The number of hydrazine groups is 1. The van der Waals surface area contributed by atoms with E-state index in [9.17, 15) is 9.59 Å². The van der Waals surface area contributed by atoms with Crippen molar-refractivity contribution >= 4 is 35.2 Å². The molecule has 2 amide bonds. The van der Waals surface area contributed by atoms with Crippen molar-refractivity contribution in [3.8, 4) is 0 Å². The van der Waals surface area contributed by atoms with Gasteiger partial charge < -0.3 is 0 Å². The van der Waals surface area contributed by atoms with Crippen LogP contribution in [0.1, 0.15) is 55.7 Å². The Hall–Kier alpha value is -1.99. The minimum atomic E-state index is -0.412. The van der Waals surface area contributed by atoms with Crippen molar-refractivity contribution in [2.45, 2.75) is 50.0 Å². The molecule has 0 aliphatic heterocycles. The van der Waals surface area contributed by atoms with Crippen LogP contribution in [0.3, 0.4) is 0 Å². The number of benzene rings is 1. The van der Waals surface area contributed by atoms with Crippen molar-refractivity contribution in [2.75, 3.05) is 5.75 Å². The monoisotopic (exact) mass is 406 g/mol. The van der Waals surface area contributed by atoms with Crippen LogP contribution in [-0.2, 0) is 10.3 Å². The topological polar surface area (TPSA) is 76.0 Å². The first kappa shape index (κ1) is 19.8. The van der Waals surface area contributed by atoms with Crippen LogP contribution < -0.4 is 10.9 Å². The van der Waals surface area contributed by atoms with Crippen LogP contribution in [0.4, 0.5) is 0 Å². The second-order valence-corrected chi connectivity index (χ2v) is 9.04. The average Bonchev–Trinajstić information content (AvgIpc) is 3.36. The van der Waals surface area contributed by atoms with E-state index in [1.807, 2.05) is 22.9 Å². The van der Waals surface area contributed by atoms with Gasteiger partial charge in [0.25, 0.3) is 5.91 Å². The Bertz CT molecular complexity index is 838. The molecule has 1 aromatic heterocycles. The molecule has 1 fully saturated rings. The quantitative estimate of drug-likeness (QED) is 0.586. The highest BCUT2D eigenvalue weighted by atomic mass is 35.5. The molecule has 1 saturated carbocycles. The molecule has 0 unspecified atom stereocenters. The largest absolute Gasteiger partial charge is 0.290 e. The molecule has 1 aliphatic rings. The number of nitrogens with one attached hydrogen (secondary N) is 2. The summed E-state index contributed by atoms with van der Waals surface area (Å²) in [6.07, 6.45) is 2.25. The molecule has 0 bridgehead atoms. The molecule has 0 atom stereocenters. The maximum atomic E-state index is 12.4. The van der Waals surface area contributed by atoms with Crippen molar-refractivity contribution in [3.63, 3.8) is 0 Å². The van der Waals surface area contributed by atoms with Crippen molar-refractivity contribution in [1.82, 2.24) is 20.6 Å². The number of nitrogens with zero attached hydrogens (tertiary/aromatic N) is 2. The molecule has 2 N–H and O–H groups in total. The fourth-order valence-electron chi connectivity index (χ4n) is 2.62. The molecule has 0 radical (unpaired) electrons. The third-order valence-corrected chi connectivity index (χ3v) is 5.36. The number of carbonyl (C=O) groups excluding carboxylic acids is 2. The van der Waals surface area contributed by atoms with E-state index in [-0.39, 0.29) is 17.2 Å². The molecular formula is C19H23ClN4O2S. The highest BCUT2D eigenvalue weighted by Gasteiger charge is 2.32. The summed E-state index contributed by atoms with van der Waals surface area (Å²) in [5.74, 6) is -0.0413. The first-order chi connectivity index (χ1) is 12.7. The number of hydrogen-bond acceptors (Lipinski definition) is 4. The van der Waals surface area contributed by atoms with E-state index in [2.05, 4.69) is 36.7 Å². The van der Waals surface area contributed by atoms with Gasteiger partial charge in [-0.2, -0.15) is 5.10 Å². The van der Waals surface area contributed by atoms with Crippen molar-refractivity contribution in [2.24, 2.45) is 0 Å². The standard InChI is InChI=1S/C19H23ClN4O2S/c1-19(2,3)24-16(12-4-5-12)10-15(23-24)18(26)22-21-17(25)11-27-14-8-6-13(20)7-9-14/h6-10,12H,4-5,11H2,1-3H3,(H,21,25)(H,22,26). The van der Waals surface area contributed by atoms with Crippen LogP contribution in [-0.4, -0.2) is 27.3 Å². The van der Waals surface area contributed by atoms with E-state index in [1.54, 1.807) is 12.1 Å². The fraction of sp³-hybridized carbons (Fsp3) is 0.421. The predicted molar refractivity (Wildman–Crippen MR) is 107 cm³/mol. The van der Waals surface area contributed by atoms with E-state index in [4.69, 9.17) is 11.6 Å². The molecule has 27 heavy (non-hydrogen) atoms. The molecule has 3 rings (SSSR count). The second-order valence-electron chi connectivity index (χ2n) is 7.56. The summed E-state index contributed by atoms with van der Waals surface area (Å²) in [6, 6.07) is 9.06. The maximum absolute atomic E-state index is 12.4. The zero-order valence-electron chi connectivity index (χ0n) is 15.6. The Kier molecular flexibility index (Phi) is 5.81. The summed E-state index contributed by atoms with van der Waals surface area (Å²) >= 11 is 7.20. The van der Waals surface area contributed by atoms with Crippen LogP contribution >= 0.6 is 23.4 Å². The molecule has 8 heteroatoms. The zero-order chi connectivity index (χ0) is 19.6. The van der Waals surface area contributed by atoms with Crippen LogP contribution in [0.5, 0.6) is 0 Å². The van der Waals surface area contributed by atoms with Gasteiger partial charge in [0.15, 0.2) is 5.69 Å². The first-order valence-corrected chi connectivity index (χ1v) is 10.2. The molecule has 6 nitrogen and oxygen atoms in total. The number of hydrogen-bond donors (Lipinski definition) is 2. The van der Waals surface area contributed by atoms with Crippen LogP contribution in [0, 0.1) is 0 Å². The molecule has 2 aromatic rings. The minimum Gasteiger partial charge on any atom is -0.272 e. The lowest BCUT2D eigenvalue weighted by atomic mass is 10.1. The summed E-state index contributed by atoms with van der Waals surface area (Å²) in [6.45, 7) is 6.18. The second kappa shape index (κ2) is 7.94. The van der Waals surface area contributed by atoms with Crippen molar-refractivity contribution < 1.29 is 9.59 Å². The lowest BCUT2D eigenvalue weighted by molar-refractivity contribution is -0.119.